The lowest BCUT2D eigenvalue weighted by molar-refractivity contribution is 0.568. The molecule has 0 fully saturated rings. The van der Waals surface area contributed by atoms with E-state index < -0.39 is 0 Å². The van der Waals surface area contributed by atoms with Gasteiger partial charge in [0.25, 0.3) is 0 Å². The predicted octanol–water partition coefficient (Wildman–Crippen LogP) is 26.8. The summed E-state index contributed by atoms with van der Waals surface area (Å²) in [5.41, 5.74) is 28.8. The van der Waals surface area contributed by atoms with Crippen LogP contribution >= 0.6 is 11.3 Å². The first kappa shape index (κ1) is 60.4. The molecule has 0 N–H and O–H groups in total. The van der Waals surface area contributed by atoms with Crippen molar-refractivity contribution in [2.75, 3.05) is 0 Å². The maximum Gasteiger partial charge on any atom is 0.0728 e. The SMILES string of the molecule is CC(C)(C)c1cc(-c2cc(-c3ccc4c(c3)c3ccccc3n4-c3ccccc3)c3c(c2)c2cc(-c4cc(C(C)(C)C)cc(C(C)(C)C)c4)cc4c5cc6c(cc5n3c42)c2cc(-c3cc(C(C)(C)C)cc(C(C)(C)C)c3)cc3c4sc5ccccc5c4n6c23)cc(C(C)(C)C)c1. The van der Waals surface area contributed by atoms with Gasteiger partial charge in [-0.1, -0.05) is 240 Å². The van der Waals surface area contributed by atoms with Gasteiger partial charge >= 0.3 is 0 Å². The van der Waals surface area contributed by atoms with Crippen LogP contribution in [0.5, 0.6) is 0 Å². The van der Waals surface area contributed by atoms with E-state index in [0.29, 0.717) is 0 Å². The Morgan fingerprint density at radius 1 is 0.240 bits per heavy atom. The molecule has 17 aromatic rings. The van der Waals surface area contributed by atoms with Gasteiger partial charge in [0, 0.05) is 69.8 Å². The summed E-state index contributed by atoms with van der Waals surface area (Å²) in [6, 6.07) is 79.1. The minimum atomic E-state index is -0.0702. The second-order valence-electron chi connectivity index (χ2n) is 34.4. The number of fused-ring (bicyclic) bond motifs is 17. The first-order valence-electron chi connectivity index (χ1n) is 34.8. The topological polar surface area (TPSA) is 13.8 Å². The van der Waals surface area contributed by atoms with Crippen LogP contribution in [-0.4, -0.2) is 13.4 Å². The lowest BCUT2D eigenvalue weighted by Gasteiger charge is -2.26. The Morgan fingerprint density at radius 2 is 0.594 bits per heavy atom. The van der Waals surface area contributed by atoms with E-state index in [1.807, 2.05) is 11.3 Å². The molecule has 0 amide bonds. The Hall–Kier alpha value is -9.22. The summed E-state index contributed by atoms with van der Waals surface area (Å²) < 4.78 is 10.5. The number of benzene rings is 11. The minimum absolute atomic E-state index is 0.0334. The van der Waals surface area contributed by atoms with Crippen LogP contribution in [0, 0.1) is 0 Å². The maximum atomic E-state index is 2.71. The van der Waals surface area contributed by atoms with Crippen molar-refractivity contribution < 1.29 is 0 Å². The van der Waals surface area contributed by atoms with Gasteiger partial charge in [0.05, 0.1) is 48.8 Å². The van der Waals surface area contributed by atoms with Gasteiger partial charge in [-0.15, -0.1) is 11.3 Å². The zero-order chi connectivity index (χ0) is 67.0. The van der Waals surface area contributed by atoms with Gasteiger partial charge in [-0.05, 0) is 190 Å². The van der Waals surface area contributed by atoms with Crippen molar-refractivity contribution >= 4 is 119 Å². The summed E-state index contributed by atoms with van der Waals surface area (Å²) in [6.45, 7) is 42.5. The fraction of sp³-hybridized carbons (Fsp3) is 0.261. The molecule has 0 atom stereocenters. The summed E-state index contributed by atoms with van der Waals surface area (Å²) >= 11 is 1.94. The van der Waals surface area contributed by atoms with E-state index in [2.05, 4.69) is 338 Å². The van der Waals surface area contributed by atoms with Crippen LogP contribution in [0.2, 0.25) is 0 Å². The van der Waals surface area contributed by atoms with Crippen LogP contribution in [0.25, 0.3) is 158 Å². The fourth-order valence-corrected chi connectivity index (χ4v) is 17.0. The number of thiophene rings is 1. The van der Waals surface area contributed by atoms with E-state index in [1.54, 1.807) is 0 Å². The molecule has 0 aliphatic carbocycles. The molecule has 0 aliphatic heterocycles. The largest absolute Gasteiger partial charge is 0.309 e. The predicted molar refractivity (Wildman–Crippen MR) is 419 cm³/mol. The molecule has 0 radical (unpaired) electrons. The highest BCUT2D eigenvalue weighted by molar-refractivity contribution is 7.26. The van der Waals surface area contributed by atoms with Gasteiger partial charge in [0.2, 0.25) is 0 Å². The quantitative estimate of drug-likeness (QED) is 0.163. The van der Waals surface area contributed by atoms with Gasteiger partial charge in [0.1, 0.15) is 0 Å². The minimum Gasteiger partial charge on any atom is -0.309 e. The van der Waals surface area contributed by atoms with Gasteiger partial charge in [-0.25, -0.2) is 0 Å². The number of para-hydroxylation sites is 2. The Balaban J connectivity index is 1.06. The van der Waals surface area contributed by atoms with E-state index >= 15 is 0 Å². The fourth-order valence-electron chi connectivity index (χ4n) is 15.8. The van der Waals surface area contributed by atoms with Crippen molar-refractivity contribution in [3.05, 3.63) is 234 Å². The summed E-state index contributed by atoms with van der Waals surface area (Å²) in [5, 5.41) is 12.7. The molecular weight excluding hydrogens is 1180 g/mol. The molecule has 96 heavy (non-hydrogen) atoms. The van der Waals surface area contributed by atoms with Crippen molar-refractivity contribution in [1.82, 2.24) is 13.4 Å². The second-order valence-corrected chi connectivity index (χ2v) is 35.5. The molecule has 4 heteroatoms. The van der Waals surface area contributed by atoms with Gasteiger partial charge in [-0.3, -0.25) is 0 Å². The van der Waals surface area contributed by atoms with Gasteiger partial charge in [-0.2, -0.15) is 0 Å². The monoisotopic (exact) mass is 1270 g/mol. The summed E-state index contributed by atoms with van der Waals surface area (Å²) in [5.74, 6) is 0. The van der Waals surface area contributed by atoms with Crippen LogP contribution in [0.4, 0.5) is 0 Å². The molecule has 11 aromatic carbocycles. The van der Waals surface area contributed by atoms with E-state index in [9.17, 15) is 0 Å². The maximum absolute atomic E-state index is 2.71. The van der Waals surface area contributed by atoms with Gasteiger partial charge in [0.15, 0.2) is 0 Å². The molecule has 0 saturated heterocycles. The highest BCUT2D eigenvalue weighted by Gasteiger charge is 2.31. The van der Waals surface area contributed by atoms with Crippen molar-refractivity contribution in [2.45, 2.75) is 157 Å². The van der Waals surface area contributed by atoms with Gasteiger partial charge < -0.3 is 13.4 Å². The molecule has 6 aromatic heterocycles. The average molecular weight is 1270 g/mol. The standard InChI is InChI=1S/C92H87N3S/c1-87(2,3)59-34-53(35-60(47-59)88(4,5)6)56-41-68(52-32-33-78-69(40-52)66-28-22-24-30-77(66)93(78)65-26-20-19-21-27-65)82-74(44-56)75-45-57(54-36-61(89(7,8)9)48-62(37-54)90(10,11)12)42-72-70-51-80-71(50-79(70)94(82)83(72)75)73-43-58(55-38-63(91(13,14)15)49-64(39-55)92(16,17)18)46-76-84(73)95(80)85-67-29-23-25-31-81(67)96-86(76)85/h19-51H,1-18H3. The highest BCUT2D eigenvalue weighted by atomic mass is 32.1. The molecule has 476 valence electrons. The number of aromatic nitrogens is 3. The first-order valence-corrected chi connectivity index (χ1v) is 35.6. The Kier molecular flexibility index (Phi) is 12.7. The molecule has 0 spiro atoms. The zero-order valence-electron chi connectivity index (χ0n) is 59.3. The lowest BCUT2D eigenvalue weighted by atomic mass is 9.78. The van der Waals surface area contributed by atoms with Crippen LogP contribution in [0.1, 0.15) is 158 Å². The molecule has 0 saturated carbocycles. The molecule has 6 heterocycles. The molecule has 0 bridgehead atoms. The third-order valence-corrected chi connectivity index (χ3v) is 22.7. The Morgan fingerprint density at radius 3 is 1.08 bits per heavy atom. The highest BCUT2D eigenvalue weighted by Crippen LogP contribution is 2.53. The van der Waals surface area contributed by atoms with Crippen LogP contribution in [-0.2, 0) is 32.5 Å². The number of rotatable bonds is 5. The normalized spacial score (nSPS) is 13.5. The number of nitrogens with zero attached hydrogens (tertiary/aromatic N) is 3. The number of hydrogen-bond acceptors (Lipinski definition) is 1. The summed E-state index contributed by atoms with van der Waals surface area (Å²) in [4.78, 5) is 0. The molecule has 17 rings (SSSR count). The van der Waals surface area contributed by atoms with E-state index in [4.69, 9.17) is 0 Å². The van der Waals surface area contributed by atoms with Crippen molar-refractivity contribution in [3.8, 4) is 50.2 Å². The van der Waals surface area contributed by atoms with Crippen LogP contribution in [0.3, 0.4) is 0 Å². The summed E-state index contributed by atoms with van der Waals surface area (Å²) in [6.07, 6.45) is 0. The molecular formula is C92H87N3S. The Labute approximate surface area is 569 Å². The van der Waals surface area contributed by atoms with E-state index in [-0.39, 0.29) is 32.5 Å². The van der Waals surface area contributed by atoms with E-state index in [1.165, 1.54) is 185 Å². The van der Waals surface area contributed by atoms with Crippen molar-refractivity contribution in [1.29, 1.82) is 0 Å². The third kappa shape index (κ3) is 9.24. The van der Waals surface area contributed by atoms with Crippen molar-refractivity contribution in [2.24, 2.45) is 0 Å². The molecule has 3 nitrogen and oxygen atoms in total. The van der Waals surface area contributed by atoms with Crippen molar-refractivity contribution in [3.63, 3.8) is 0 Å². The second kappa shape index (κ2) is 20.2. The smallest absolute Gasteiger partial charge is 0.0728 e. The summed E-state index contributed by atoms with van der Waals surface area (Å²) in [7, 11) is 0. The van der Waals surface area contributed by atoms with Crippen LogP contribution < -0.4 is 0 Å². The first-order chi connectivity index (χ1) is 45.3. The molecule has 0 aliphatic rings. The third-order valence-electron chi connectivity index (χ3n) is 21.5. The van der Waals surface area contributed by atoms with Crippen LogP contribution in [0.15, 0.2) is 200 Å². The molecule has 0 unspecified atom stereocenters. The zero-order valence-corrected chi connectivity index (χ0v) is 60.1. The lowest BCUT2D eigenvalue weighted by Crippen LogP contribution is -2.16. The number of hydrogen-bond donors (Lipinski definition) is 0. The average Bonchev–Trinajstić information content (AvgIpc) is 1.51. The Bertz CT molecular complexity index is 6010. The van der Waals surface area contributed by atoms with E-state index in [0.717, 1.165) is 5.69 Å².